The first-order valence-corrected chi connectivity index (χ1v) is 8.61. The van der Waals surface area contributed by atoms with Crippen molar-refractivity contribution in [2.75, 3.05) is 30.0 Å². The molecule has 0 aliphatic rings. The fraction of sp³-hybridized carbons (Fsp3) is 0.462. The fourth-order valence-corrected chi connectivity index (χ4v) is 2.52. The summed E-state index contributed by atoms with van der Waals surface area (Å²) < 4.78 is 22.3. The molecule has 0 radical (unpaired) electrons. The number of hydrogen-bond acceptors (Lipinski definition) is 4. The van der Waals surface area contributed by atoms with E-state index in [-0.39, 0.29) is 5.75 Å². The van der Waals surface area contributed by atoms with Gasteiger partial charge in [-0.3, -0.25) is 0 Å². The Balaban J connectivity index is 2.62. The first kappa shape index (κ1) is 15.9. The molecule has 2 N–H and O–H groups in total. The average molecular weight is 300 g/mol. The summed E-state index contributed by atoms with van der Waals surface area (Å²) in [7, 11) is -2.91. The van der Waals surface area contributed by atoms with E-state index >= 15 is 0 Å². The lowest BCUT2D eigenvalue weighted by molar-refractivity contribution is 0.598. The average Bonchev–Trinajstić information content (AvgIpc) is 2.33. The van der Waals surface area contributed by atoms with Crippen molar-refractivity contribution in [3.05, 3.63) is 30.3 Å². The summed E-state index contributed by atoms with van der Waals surface area (Å²) in [4.78, 5) is 2.59. The van der Waals surface area contributed by atoms with Crippen LogP contribution >= 0.6 is 12.2 Å². The Morgan fingerprint density at radius 1 is 1.26 bits per heavy atom. The number of para-hydroxylation sites is 1. The Labute approximate surface area is 120 Å². The molecule has 106 valence electrons. The Morgan fingerprint density at radius 3 is 2.42 bits per heavy atom. The summed E-state index contributed by atoms with van der Waals surface area (Å²) in [6.45, 7) is 1.39. The number of hydrogen-bond donors (Lipinski definition) is 1. The van der Waals surface area contributed by atoms with E-state index < -0.39 is 9.84 Å². The standard InChI is InChI=1S/C13H20N2O2S2/c1-19(16,17)11-5-9-15(10-8-13(14)18)12-6-3-2-4-7-12/h2-4,6-7H,5,8-11H2,1H3,(H2,14,18). The summed E-state index contributed by atoms with van der Waals surface area (Å²) >= 11 is 4.89. The molecule has 6 heteroatoms. The first-order valence-electron chi connectivity index (χ1n) is 6.14. The van der Waals surface area contributed by atoms with E-state index in [1.807, 2.05) is 30.3 Å². The molecule has 0 aliphatic carbocycles. The van der Waals surface area contributed by atoms with Crippen LogP contribution in [0.1, 0.15) is 12.8 Å². The molecule has 1 aromatic rings. The van der Waals surface area contributed by atoms with Crippen molar-refractivity contribution in [2.45, 2.75) is 12.8 Å². The zero-order chi connectivity index (χ0) is 14.3. The van der Waals surface area contributed by atoms with E-state index in [9.17, 15) is 8.42 Å². The van der Waals surface area contributed by atoms with Gasteiger partial charge < -0.3 is 10.6 Å². The molecule has 0 saturated carbocycles. The molecule has 0 heterocycles. The lowest BCUT2D eigenvalue weighted by Gasteiger charge is -2.24. The van der Waals surface area contributed by atoms with Crippen LogP contribution in [0.5, 0.6) is 0 Å². The zero-order valence-corrected chi connectivity index (χ0v) is 12.7. The van der Waals surface area contributed by atoms with Crippen LogP contribution in [0.2, 0.25) is 0 Å². The first-order chi connectivity index (χ1) is 8.88. The molecule has 19 heavy (non-hydrogen) atoms. The number of thiocarbonyl (C=S) groups is 1. The molecule has 1 aromatic carbocycles. The van der Waals surface area contributed by atoms with Gasteiger partial charge in [-0.25, -0.2) is 8.42 Å². The molecule has 0 saturated heterocycles. The molecule has 1 rings (SSSR count). The van der Waals surface area contributed by atoms with Crippen molar-refractivity contribution in [3.8, 4) is 0 Å². The minimum absolute atomic E-state index is 0.198. The highest BCUT2D eigenvalue weighted by Crippen LogP contribution is 2.14. The van der Waals surface area contributed by atoms with Crippen LogP contribution in [0.3, 0.4) is 0 Å². The van der Waals surface area contributed by atoms with Gasteiger partial charge in [-0.05, 0) is 18.6 Å². The van der Waals surface area contributed by atoms with E-state index in [2.05, 4.69) is 4.90 Å². The van der Waals surface area contributed by atoms with E-state index in [4.69, 9.17) is 18.0 Å². The molecular weight excluding hydrogens is 280 g/mol. The smallest absolute Gasteiger partial charge is 0.147 e. The van der Waals surface area contributed by atoms with E-state index in [1.165, 1.54) is 6.26 Å². The summed E-state index contributed by atoms with van der Waals surface area (Å²) in [6.07, 6.45) is 2.49. The van der Waals surface area contributed by atoms with Crippen molar-refractivity contribution < 1.29 is 8.42 Å². The molecule has 0 aliphatic heterocycles. The van der Waals surface area contributed by atoms with Gasteiger partial charge in [-0.2, -0.15) is 0 Å². The van der Waals surface area contributed by atoms with Gasteiger partial charge in [0.25, 0.3) is 0 Å². The molecule has 4 nitrogen and oxygen atoms in total. The maximum atomic E-state index is 11.2. The third-order valence-electron chi connectivity index (χ3n) is 2.69. The molecule has 0 amide bonds. The second-order valence-electron chi connectivity index (χ2n) is 4.52. The highest BCUT2D eigenvalue weighted by molar-refractivity contribution is 7.90. The largest absolute Gasteiger partial charge is 0.393 e. The molecule has 0 bridgehead atoms. The fourth-order valence-electron chi connectivity index (χ4n) is 1.77. The molecule has 0 aromatic heterocycles. The topological polar surface area (TPSA) is 63.4 Å². The highest BCUT2D eigenvalue weighted by Gasteiger charge is 2.08. The maximum absolute atomic E-state index is 11.2. The predicted octanol–water partition coefficient (Wildman–Crippen LogP) is 1.60. The molecular formula is C13H20N2O2S2. The molecule has 0 fully saturated rings. The van der Waals surface area contributed by atoms with E-state index in [0.29, 0.717) is 30.9 Å². The van der Waals surface area contributed by atoms with Crippen LogP contribution in [-0.2, 0) is 9.84 Å². The van der Waals surface area contributed by atoms with Gasteiger partial charge >= 0.3 is 0 Å². The van der Waals surface area contributed by atoms with Crippen molar-refractivity contribution in [1.29, 1.82) is 0 Å². The molecule has 0 unspecified atom stereocenters. The van der Waals surface area contributed by atoms with Crippen molar-refractivity contribution in [1.82, 2.24) is 0 Å². The van der Waals surface area contributed by atoms with Gasteiger partial charge in [0.15, 0.2) is 0 Å². The predicted molar refractivity (Wildman–Crippen MR) is 84.4 cm³/mol. The van der Waals surface area contributed by atoms with Crippen molar-refractivity contribution in [2.24, 2.45) is 5.73 Å². The van der Waals surface area contributed by atoms with E-state index in [1.54, 1.807) is 0 Å². The SMILES string of the molecule is CS(=O)(=O)CCCN(CCC(N)=S)c1ccccc1. The Kier molecular flexibility index (Phi) is 6.24. The monoisotopic (exact) mass is 300 g/mol. The van der Waals surface area contributed by atoms with Gasteiger partial charge in [-0.1, -0.05) is 30.4 Å². The molecule has 0 spiro atoms. The highest BCUT2D eigenvalue weighted by atomic mass is 32.2. The number of nitrogens with two attached hydrogens (primary N) is 1. The number of sulfone groups is 1. The van der Waals surface area contributed by atoms with Gasteiger partial charge in [0.2, 0.25) is 0 Å². The van der Waals surface area contributed by atoms with Crippen LogP contribution < -0.4 is 10.6 Å². The lowest BCUT2D eigenvalue weighted by atomic mass is 10.2. The second kappa shape index (κ2) is 7.45. The zero-order valence-electron chi connectivity index (χ0n) is 11.1. The quantitative estimate of drug-likeness (QED) is 0.739. The van der Waals surface area contributed by atoms with Crippen LogP contribution in [0.4, 0.5) is 5.69 Å². The van der Waals surface area contributed by atoms with Gasteiger partial charge in [0.1, 0.15) is 9.84 Å². The van der Waals surface area contributed by atoms with Gasteiger partial charge in [0, 0.05) is 31.5 Å². The minimum Gasteiger partial charge on any atom is -0.393 e. The number of anilines is 1. The Hall–Kier alpha value is -1.14. The Morgan fingerprint density at radius 2 is 1.89 bits per heavy atom. The normalized spacial score (nSPS) is 11.2. The Bertz CT molecular complexity index is 501. The number of nitrogens with zero attached hydrogens (tertiary/aromatic N) is 1. The third kappa shape index (κ3) is 7.12. The summed E-state index contributed by atoms with van der Waals surface area (Å²) in [5.74, 6) is 0.198. The second-order valence-corrected chi connectivity index (χ2v) is 7.31. The summed E-state index contributed by atoms with van der Waals surface area (Å²) in [6, 6.07) is 9.87. The van der Waals surface area contributed by atoms with Crippen LogP contribution in [0.15, 0.2) is 30.3 Å². The number of rotatable bonds is 8. The summed E-state index contributed by atoms with van der Waals surface area (Å²) in [5, 5.41) is 0. The van der Waals surface area contributed by atoms with Crippen LogP contribution in [-0.4, -0.2) is 38.5 Å². The van der Waals surface area contributed by atoms with Crippen molar-refractivity contribution in [3.63, 3.8) is 0 Å². The molecule has 0 atom stereocenters. The van der Waals surface area contributed by atoms with Gasteiger partial charge in [0.05, 0.1) is 10.7 Å². The minimum atomic E-state index is -2.91. The maximum Gasteiger partial charge on any atom is 0.147 e. The van der Waals surface area contributed by atoms with Crippen molar-refractivity contribution >= 4 is 32.7 Å². The van der Waals surface area contributed by atoms with Crippen LogP contribution in [0.25, 0.3) is 0 Å². The lowest BCUT2D eigenvalue weighted by Crippen LogP contribution is -2.29. The van der Waals surface area contributed by atoms with Crippen LogP contribution in [0, 0.1) is 0 Å². The third-order valence-corrected chi connectivity index (χ3v) is 3.93. The summed E-state index contributed by atoms with van der Waals surface area (Å²) in [5.41, 5.74) is 6.59. The van der Waals surface area contributed by atoms with Gasteiger partial charge in [-0.15, -0.1) is 0 Å². The number of benzene rings is 1. The van der Waals surface area contributed by atoms with E-state index in [0.717, 1.165) is 5.69 Å².